The van der Waals surface area contributed by atoms with Crippen molar-refractivity contribution in [1.82, 2.24) is 0 Å². The summed E-state index contributed by atoms with van der Waals surface area (Å²) in [5.74, 6) is 0. The smallest absolute Gasteiger partial charge is 0.0805 e. The molecule has 0 aliphatic carbocycles. The molecule has 2 aromatic rings. The summed E-state index contributed by atoms with van der Waals surface area (Å²) in [6.45, 7) is 0. The lowest BCUT2D eigenvalue weighted by Gasteiger charge is -2.13. The van der Waals surface area contributed by atoms with Crippen molar-refractivity contribution < 1.29 is 5.11 Å². The van der Waals surface area contributed by atoms with E-state index in [4.69, 9.17) is 23.2 Å². The Labute approximate surface area is 123 Å². The van der Waals surface area contributed by atoms with Gasteiger partial charge in [0, 0.05) is 15.6 Å². The summed E-state index contributed by atoms with van der Waals surface area (Å²) >= 11 is 12.0. The molecular formula is C16H16Cl2O. The van der Waals surface area contributed by atoms with E-state index in [0.717, 1.165) is 12.8 Å². The molecule has 1 N–H and O–H groups in total. The van der Waals surface area contributed by atoms with Crippen molar-refractivity contribution in [2.24, 2.45) is 0 Å². The first kappa shape index (κ1) is 14.4. The quantitative estimate of drug-likeness (QED) is 0.818. The minimum absolute atomic E-state index is 0.560. The number of aliphatic hydroxyl groups excluding tert-OH is 1. The maximum atomic E-state index is 10.2. The molecule has 1 atom stereocenters. The number of benzene rings is 2. The molecule has 0 fully saturated rings. The van der Waals surface area contributed by atoms with Crippen LogP contribution in [0.15, 0.2) is 48.5 Å². The van der Waals surface area contributed by atoms with E-state index >= 15 is 0 Å². The molecule has 3 heteroatoms. The van der Waals surface area contributed by atoms with E-state index in [2.05, 4.69) is 12.1 Å². The standard InChI is InChI=1S/C16H16Cl2O/c17-13-9-10-15(18)14(11-13)16(19)8-4-7-12-5-2-1-3-6-12/h1-3,5-6,9-11,16,19H,4,7-8H2. The van der Waals surface area contributed by atoms with Gasteiger partial charge in [0.15, 0.2) is 0 Å². The number of aryl methyl sites for hydroxylation is 1. The van der Waals surface area contributed by atoms with Crippen LogP contribution in [0, 0.1) is 0 Å². The van der Waals surface area contributed by atoms with Gasteiger partial charge < -0.3 is 5.11 Å². The summed E-state index contributed by atoms with van der Waals surface area (Å²) < 4.78 is 0. The molecule has 0 amide bonds. The first-order valence-electron chi connectivity index (χ1n) is 6.34. The molecule has 0 radical (unpaired) electrons. The predicted molar refractivity (Wildman–Crippen MR) is 80.8 cm³/mol. The Hall–Kier alpha value is -1.02. The molecule has 2 aromatic carbocycles. The number of aliphatic hydroxyl groups is 1. The summed E-state index contributed by atoms with van der Waals surface area (Å²) in [6.07, 6.45) is 1.98. The SMILES string of the molecule is OC(CCCc1ccccc1)c1cc(Cl)ccc1Cl. The van der Waals surface area contributed by atoms with Crippen molar-refractivity contribution in [1.29, 1.82) is 0 Å². The third-order valence-corrected chi connectivity index (χ3v) is 3.68. The van der Waals surface area contributed by atoms with Gasteiger partial charge >= 0.3 is 0 Å². The van der Waals surface area contributed by atoms with E-state index in [1.165, 1.54) is 5.56 Å². The fraction of sp³-hybridized carbons (Fsp3) is 0.250. The van der Waals surface area contributed by atoms with Gasteiger partial charge in [-0.3, -0.25) is 0 Å². The third kappa shape index (κ3) is 4.24. The van der Waals surface area contributed by atoms with Gasteiger partial charge in [-0.15, -0.1) is 0 Å². The van der Waals surface area contributed by atoms with Gasteiger partial charge in [-0.05, 0) is 43.0 Å². The van der Waals surface area contributed by atoms with Crippen molar-refractivity contribution in [3.8, 4) is 0 Å². The van der Waals surface area contributed by atoms with Crippen molar-refractivity contribution in [2.75, 3.05) is 0 Å². The highest BCUT2D eigenvalue weighted by Crippen LogP contribution is 2.29. The van der Waals surface area contributed by atoms with Crippen LogP contribution in [0.25, 0.3) is 0 Å². The van der Waals surface area contributed by atoms with Gasteiger partial charge in [-0.25, -0.2) is 0 Å². The summed E-state index contributed by atoms with van der Waals surface area (Å²) in [7, 11) is 0. The van der Waals surface area contributed by atoms with Crippen molar-refractivity contribution in [3.05, 3.63) is 69.7 Å². The van der Waals surface area contributed by atoms with Gasteiger partial charge in [0.25, 0.3) is 0 Å². The highest BCUT2D eigenvalue weighted by Gasteiger charge is 2.11. The van der Waals surface area contributed by atoms with Crippen LogP contribution in [0.1, 0.15) is 30.1 Å². The number of hydrogen-bond donors (Lipinski definition) is 1. The third-order valence-electron chi connectivity index (χ3n) is 3.10. The highest BCUT2D eigenvalue weighted by atomic mass is 35.5. The van der Waals surface area contributed by atoms with Crippen molar-refractivity contribution >= 4 is 23.2 Å². The van der Waals surface area contributed by atoms with Gasteiger partial charge in [0.05, 0.1) is 6.10 Å². The second-order valence-electron chi connectivity index (χ2n) is 4.56. The molecule has 1 unspecified atom stereocenters. The van der Waals surface area contributed by atoms with E-state index in [0.29, 0.717) is 22.0 Å². The lowest BCUT2D eigenvalue weighted by molar-refractivity contribution is 0.165. The van der Waals surface area contributed by atoms with Gasteiger partial charge in [0.1, 0.15) is 0 Å². The summed E-state index contributed by atoms with van der Waals surface area (Å²) in [6, 6.07) is 15.4. The average molecular weight is 295 g/mol. The Bertz CT molecular complexity index is 526. The Morgan fingerprint density at radius 2 is 1.74 bits per heavy atom. The largest absolute Gasteiger partial charge is 0.388 e. The average Bonchev–Trinajstić information content (AvgIpc) is 2.42. The first-order chi connectivity index (χ1) is 9.16. The molecule has 0 saturated heterocycles. The van der Waals surface area contributed by atoms with E-state index in [9.17, 15) is 5.11 Å². The van der Waals surface area contributed by atoms with Crippen LogP contribution in [0.3, 0.4) is 0 Å². The van der Waals surface area contributed by atoms with Gasteiger partial charge in [-0.1, -0.05) is 53.5 Å². The maximum Gasteiger partial charge on any atom is 0.0805 e. The molecule has 19 heavy (non-hydrogen) atoms. The molecule has 0 aliphatic rings. The summed E-state index contributed by atoms with van der Waals surface area (Å²) in [4.78, 5) is 0. The van der Waals surface area contributed by atoms with Gasteiger partial charge in [-0.2, -0.15) is 0 Å². The topological polar surface area (TPSA) is 20.2 Å². The number of halogens is 2. The van der Waals surface area contributed by atoms with Crippen LogP contribution < -0.4 is 0 Å². The van der Waals surface area contributed by atoms with E-state index < -0.39 is 6.10 Å². The Morgan fingerprint density at radius 1 is 1.00 bits per heavy atom. The van der Waals surface area contributed by atoms with Gasteiger partial charge in [0.2, 0.25) is 0 Å². The molecule has 0 aliphatic heterocycles. The zero-order valence-electron chi connectivity index (χ0n) is 10.5. The monoisotopic (exact) mass is 294 g/mol. The van der Waals surface area contributed by atoms with Crippen LogP contribution in [0.5, 0.6) is 0 Å². The van der Waals surface area contributed by atoms with Crippen LogP contribution in [-0.4, -0.2) is 5.11 Å². The van der Waals surface area contributed by atoms with E-state index in [-0.39, 0.29) is 0 Å². The molecule has 2 rings (SSSR count). The molecule has 0 aromatic heterocycles. The molecule has 1 nitrogen and oxygen atoms in total. The zero-order valence-corrected chi connectivity index (χ0v) is 12.0. The Morgan fingerprint density at radius 3 is 2.47 bits per heavy atom. The minimum Gasteiger partial charge on any atom is -0.388 e. The van der Waals surface area contributed by atoms with E-state index in [1.54, 1.807) is 18.2 Å². The van der Waals surface area contributed by atoms with Crippen LogP contribution in [-0.2, 0) is 6.42 Å². The minimum atomic E-state index is -0.560. The molecule has 0 saturated carbocycles. The van der Waals surface area contributed by atoms with Crippen molar-refractivity contribution in [3.63, 3.8) is 0 Å². The van der Waals surface area contributed by atoms with Crippen LogP contribution in [0.4, 0.5) is 0 Å². The Balaban J connectivity index is 1.91. The van der Waals surface area contributed by atoms with Crippen LogP contribution in [0.2, 0.25) is 10.0 Å². The summed E-state index contributed by atoms with van der Waals surface area (Å²) in [5, 5.41) is 11.3. The molecule has 100 valence electrons. The first-order valence-corrected chi connectivity index (χ1v) is 7.09. The normalized spacial score (nSPS) is 12.4. The highest BCUT2D eigenvalue weighted by molar-refractivity contribution is 6.33. The van der Waals surface area contributed by atoms with E-state index in [1.807, 2.05) is 18.2 Å². The second-order valence-corrected chi connectivity index (χ2v) is 5.40. The van der Waals surface area contributed by atoms with Crippen LogP contribution >= 0.6 is 23.2 Å². The zero-order chi connectivity index (χ0) is 13.7. The number of rotatable bonds is 5. The lowest BCUT2D eigenvalue weighted by Crippen LogP contribution is -1.99. The Kier molecular flexibility index (Phi) is 5.26. The van der Waals surface area contributed by atoms with Crippen molar-refractivity contribution in [2.45, 2.75) is 25.4 Å². The fourth-order valence-corrected chi connectivity index (χ4v) is 2.49. The fourth-order valence-electron chi connectivity index (χ4n) is 2.07. The molecular weight excluding hydrogens is 279 g/mol. The molecule has 0 bridgehead atoms. The predicted octanol–water partition coefficient (Wildman–Crippen LogP) is 5.05. The maximum absolute atomic E-state index is 10.2. The molecule has 0 heterocycles. The number of hydrogen-bond acceptors (Lipinski definition) is 1. The second kappa shape index (κ2) is 6.95. The summed E-state index contributed by atoms with van der Waals surface area (Å²) in [5.41, 5.74) is 1.99. The lowest BCUT2D eigenvalue weighted by atomic mass is 10.0. The molecule has 0 spiro atoms.